The van der Waals surface area contributed by atoms with Gasteiger partial charge < -0.3 is 10.1 Å². The third kappa shape index (κ3) is 4.75. The van der Waals surface area contributed by atoms with Gasteiger partial charge in [0.1, 0.15) is 6.04 Å². The van der Waals surface area contributed by atoms with Crippen molar-refractivity contribution in [2.75, 3.05) is 12.4 Å². The lowest BCUT2D eigenvalue weighted by Gasteiger charge is -2.17. The molecular weight excluding hydrogens is 271 g/mol. The molecule has 0 fully saturated rings. The molecule has 0 saturated heterocycles. The van der Waals surface area contributed by atoms with Crippen molar-refractivity contribution in [2.24, 2.45) is 0 Å². The number of rotatable bonds is 6. The fraction of sp³-hybridized carbons (Fsp3) is 0.500. The van der Waals surface area contributed by atoms with E-state index in [-0.39, 0.29) is 0 Å². The van der Waals surface area contributed by atoms with E-state index in [9.17, 15) is 18.0 Å². The van der Waals surface area contributed by atoms with Gasteiger partial charge in [-0.3, -0.25) is 0 Å². The summed E-state index contributed by atoms with van der Waals surface area (Å²) in [6, 6.07) is 4.04. The summed E-state index contributed by atoms with van der Waals surface area (Å²) < 4.78 is 42.0. The van der Waals surface area contributed by atoms with Crippen LogP contribution in [0.3, 0.4) is 0 Å². The highest BCUT2D eigenvalue weighted by molar-refractivity contribution is 5.79. The summed E-state index contributed by atoms with van der Waals surface area (Å²) in [6.07, 6.45) is -2.04. The molecular formula is C14H18F3NO2. The molecule has 1 aromatic carbocycles. The van der Waals surface area contributed by atoms with Gasteiger partial charge in [0.25, 0.3) is 0 Å². The van der Waals surface area contributed by atoms with Crippen LogP contribution < -0.4 is 5.32 Å². The fourth-order valence-electron chi connectivity index (χ4n) is 1.76. The van der Waals surface area contributed by atoms with E-state index >= 15 is 0 Å². The number of esters is 1. The first-order valence-corrected chi connectivity index (χ1v) is 6.40. The minimum absolute atomic E-state index is 0.418. The number of hydrogen-bond acceptors (Lipinski definition) is 3. The maximum Gasteiger partial charge on any atom is 0.416 e. The number of unbranched alkanes of at least 4 members (excludes halogenated alkanes) is 1. The third-order valence-electron chi connectivity index (χ3n) is 2.89. The number of nitrogens with one attached hydrogen (secondary N) is 1. The van der Waals surface area contributed by atoms with Crippen LogP contribution in [0.4, 0.5) is 18.9 Å². The summed E-state index contributed by atoms with van der Waals surface area (Å²) >= 11 is 0. The Morgan fingerprint density at radius 2 is 1.90 bits per heavy atom. The summed E-state index contributed by atoms with van der Waals surface area (Å²) in [5.74, 6) is -0.418. The molecule has 112 valence electrons. The molecule has 1 unspecified atom stereocenters. The molecule has 0 radical (unpaired) electrons. The van der Waals surface area contributed by atoms with Crippen LogP contribution in [0.1, 0.15) is 31.7 Å². The summed E-state index contributed by atoms with van der Waals surface area (Å²) in [5, 5.41) is 2.90. The zero-order valence-corrected chi connectivity index (χ0v) is 11.5. The van der Waals surface area contributed by atoms with E-state index in [1.165, 1.54) is 19.2 Å². The van der Waals surface area contributed by atoms with E-state index in [2.05, 4.69) is 10.1 Å². The minimum atomic E-state index is -4.36. The molecule has 6 heteroatoms. The molecule has 3 nitrogen and oxygen atoms in total. The first-order chi connectivity index (χ1) is 9.38. The van der Waals surface area contributed by atoms with Crippen LogP contribution >= 0.6 is 0 Å². The summed E-state index contributed by atoms with van der Waals surface area (Å²) in [4.78, 5) is 11.6. The van der Waals surface area contributed by atoms with Gasteiger partial charge in [0.15, 0.2) is 0 Å². The number of hydrogen-bond donors (Lipinski definition) is 1. The Morgan fingerprint density at radius 1 is 1.30 bits per heavy atom. The van der Waals surface area contributed by atoms with Crippen molar-refractivity contribution in [3.8, 4) is 0 Å². The van der Waals surface area contributed by atoms with Crippen molar-refractivity contribution in [1.82, 2.24) is 0 Å². The lowest BCUT2D eigenvalue weighted by atomic mass is 10.1. The van der Waals surface area contributed by atoms with Crippen LogP contribution in [-0.2, 0) is 15.7 Å². The maximum atomic E-state index is 12.4. The largest absolute Gasteiger partial charge is 0.467 e. The van der Waals surface area contributed by atoms with Crippen molar-refractivity contribution >= 4 is 11.7 Å². The van der Waals surface area contributed by atoms with Crippen LogP contribution in [-0.4, -0.2) is 19.1 Å². The Hall–Kier alpha value is -1.72. The second-order valence-corrected chi connectivity index (χ2v) is 4.44. The maximum absolute atomic E-state index is 12.4. The number of methoxy groups -OCH3 is 1. The average Bonchev–Trinajstić information content (AvgIpc) is 2.42. The van der Waals surface area contributed by atoms with E-state index in [0.717, 1.165) is 25.0 Å². The SMILES string of the molecule is CCCCC(Nc1ccc(C(F)(F)F)cc1)C(=O)OC. The predicted octanol–water partition coefficient (Wildman–Crippen LogP) is 3.85. The monoisotopic (exact) mass is 289 g/mol. The molecule has 0 saturated carbocycles. The molecule has 0 spiro atoms. The van der Waals surface area contributed by atoms with Crippen molar-refractivity contribution in [3.05, 3.63) is 29.8 Å². The highest BCUT2D eigenvalue weighted by atomic mass is 19.4. The Balaban J connectivity index is 2.75. The molecule has 0 amide bonds. The average molecular weight is 289 g/mol. The van der Waals surface area contributed by atoms with Gasteiger partial charge in [0.05, 0.1) is 12.7 Å². The van der Waals surface area contributed by atoms with Gasteiger partial charge in [-0.15, -0.1) is 0 Å². The first kappa shape index (κ1) is 16.3. The van der Waals surface area contributed by atoms with E-state index in [1.54, 1.807) is 0 Å². The second kappa shape index (κ2) is 7.17. The fourth-order valence-corrected chi connectivity index (χ4v) is 1.76. The van der Waals surface area contributed by atoms with Gasteiger partial charge >= 0.3 is 12.1 Å². The molecule has 0 aliphatic carbocycles. The highest BCUT2D eigenvalue weighted by Gasteiger charge is 2.30. The summed E-state index contributed by atoms with van der Waals surface area (Å²) in [6.45, 7) is 1.99. The molecule has 20 heavy (non-hydrogen) atoms. The van der Waals surface area contributed by atoms with Crippen LogP contribution in [0.2, 0.25) is 0 Å². The number of halogens is 3. The molecule has 0 bridgehead atoms. The molecule has 0 aliphatic heterocycles. The normalized spacial score (nSPS) is 12.8. The smallest absolute Gasteiger partial charge is 0.416 e. The van der Waals surface area contributed by atoms with Crippen LogP contribution in [0.25, 0.3) is 0 Å². The Morgan fingerprint density at radius 3 is 2.35 bits per heavy atom. The molecule has 1 aromatic rings. The van der Waals surface area contributed by atoms with Gasteiger partial charge in [-0.1, -0.05) is 19.8 Å². The van der Waals surface area contributed by atoms with Crippen LogP contribution in [0, 0.1) is 0 Å². The van der Waals surface area contributed by atoms with Gasteiger partial charge in [0, 0.05) is 5.69 Å². The topological polar surface area (TPSA) is 38.3 Å². The number of ether oxygens (including phenoxy) is 1. The predicted molar refractivity (Wildman–Crippen MR) is 70.4 cm³/mol. The van der Waals surface area contributed by atoms with Crippen molar-refractivity contribution < 1.29 is 22.7 Å². The zero-order valence-electron chi connectivity index (χ0n) is 11.5. The second-order valence-electron chi connectivity index (χ2n) is 4.44. The molecule has 1 N–H and O–H groups in total. The quantitative estimate of drug-likeness (QED) is 0.808. The van der Waals surface area contributed by atoms with Crippen molar-refractivity contribution in [3.63, 3.8) is 0 Å². The Labute approximate surface area is 116 Å². The lowest BCUT2D eigenvalue weighted by Crippen LogP contribution is -2.30. The van der Waals surface area contributed by atoms with Gasteiger partial charge in [-0.25, -0.2) is 4.79 Å². The van der Waals surface area contributed by atoms with E-state index < -0.39 is 23.8 Å². The molecule has 1 atom stereocenters. The molecule has 0 aliphatic rings. The van der Waals surface area contributed by atoms with E-state index in [1.807, 2.05) is 6.92 Å². The molecule has 1 rings (SSSR count). The van der Waals surface area contributed by atoms with E-state index in [0.29, 0.717) is 12.1 Å². The van der Waals surface area contributed by atoms with Gasteiger partial charge in [-0.05, 0) is 30.7 Å². The van der Waals surface area contributed by atoms with Crippen molar-refractivity contribution in [2.45, 2.75) is 38.4 Å². The third-order valence-corrected chi connectivity index (χ3v) is 2.89. The number of anilines is 1. The Kier molecular flexibility index (Phi) is 5.85. The number of carbonyl (C=O) groups is 1. The van der Waals surface area contributed by atoms with Gasteiger partial charge in [-0.2, -0.15) is 13.2 Å². The van der Waals surface area contributed by atoms with Crippen LogP contribution in [0.15, 0.2) is 24.3 Å². The zero-order chi connectivity index (χ0) is 15.2. The van der Waals surface area contributed by atoms with E-state index in [4.69, 9.17) is 0 Å². The Bertz CT molecular complexity index is 429. The number of carbonyl (C=O) groups excluding carboxylic acids is 1. The standard InChI is InChI=1S/C14H18F3NO2/c1-3-4-5-12(13(19)20-2)18-11-8-6-10(7-9-11)14(15,16)17/h6-9,12,18H,3-5H2,1-2H3. The summed E-state index contributed by atoms with van der Waals surface area (Å²) in [7, 11) is 1.29. The number of benzene rings is 1. The lowest BCUT2D eigenvalue weighted by molar-refractivity contribution is -0.141. The molecule has 0 heterocycles. The van der Waals surface area contributed by atoms with Gasteiger partial charge in [0.2, 0.25) is 0 Å². The summed E-state index contributed by atoms with van der Waals surface area (Å²) in [5.41, 5.74) is -0.254. The first-order valence-electron chi connectivity index (χ1n) is 6.40. The van der Waals surface area contributed by atoms with Crippen molar-refractivity contribution in [1.29, 1.82) is 0 Å². The number of alkyl halides is 3. The van der Waals surface area contributed by atoms with Crippen LogP contribution in [0.5, 0.6) is 0 Å². The minimum Gasteiger partial charge on any atom is -0.467 e. The molecule has 0 aromatic heterocycles. The highest BCUT2D eigenvalue weighted by Crippen LogP contribution is 2.30.